The Morgan fingerprint density at radius 1 is 1.47 bits per heavy atom. The lowest BCUT2D eigenvalue weighted by molar-refractivity contribution is 0.0114. The number of hydrogen-bond donors (Lipinski definition) is 2. The van der Waals surface area contributed by atoms with Crippen LogP contribution >= 0.6 is 0 Å². The van der Waals surface area contributed by atoms with Gasteiger partial charge in [-0.15, -0.1) is 5.10 Å². The van der Waals surface area contributed by atoms with Crippen LogP contribution in [0.3, 0.4) is 0 Å². The van der Waals surface area contributed by atoms with Gasteiger partial charge in [0.05, 0.1) is 24.4 Å². The summed E-state index contributed by atoms with van der Waals surface area (Å²) in [5.74, 6) is 0. The molecule has 0 amide bonds. The molecule has 0 aliphatic heterocycles. The van der Waals surface area contributed by atoms with Crippen molar-refractivity contribution in [3.05, 3.63) is 11.9 Å². The molecule has 0 aromatic carbocycles. The molecule has 5 heteroatoms. The Kier molecular flexibility index (Phi) is 3.82. The van der Waals surface area contributed by atoms with Crippen molar-refractivity contribution in [2.24, 2.45) is 0 Å². The van der Waals surface area contributed by atoms with Crippen molar-refractivity contribution in [3.8, 4) is 0 Å². The van der Waals surface area contributed by atoms with Gasteiger partial charge in [0.1, 0.15) is 5.69 Å². The third-order valence-electron chi connectivity index (χ3n) is 2.76. The van der Waals surface area contributed by atoms with Crippen LogP contribution in [-0.4, -0.2) is 30.8 Å². The van der Waals surface area contributed by atoms with Gasteiger partial charge in [-0.1, -0.05) is 19.1 Å². The molecule has 1 atom stereocenters. The first-order valence-electron chi connectivity index (χ1n) is 5.31. The highest BCUT2D eigenvalue weighted by atomic mass is 16.3. The van der Waals surface area contributed by atoms with Gasteiger partial charge in [0.2, 0.25) is 0 Å². The summed E-state index contributed by atoms with van der Waals surface area (Å²) in [4.78, 5) is 0. The predicted octanol–water partition coefficient (Wildman–Crippen LogP) is 0.882. The lowest BCUT2D eigenvalue weighted by atomic mass is 9.98. The Labute approximate surface area is 89.7 Å². The molecule has 0 saturated heterocycles. The van der Waals surface area contributed by atoms with Crippen LogP contribution in [0.15, 0.2) is 6.20 Å². The van der Waals surface area contributed by atoms with E-state index in [2.05, 4.69) is 10.3 Å². The third-order valence-corrected chi connectivity index (χ3v) is 2.76. The summed E-state index contributed by atoms with van der Waals surface area (Å²) in [5.41, 5.74) is -0.200. The Morgan fingerprint density at radius 2 is 2.07 bits per heavy atom. The number of aliphatic hydroxyl groups excluding tert-OH is 1. The summed E-state index contributed by atoms with van der Waals surface area (Å²) in [6.07, 6.45) is 2.40. The second-order valence-corrected chi connectivity index (χ2v) is 3.95. The first-order chi connectivity index (χ1) is 7.00. The summed E-state index contributed by atoms with van der Waals surface area (Å²) >= 11 is 0. The van der Waals surface area contributed by atoms with Gasteiger partial charge in [-0.3, -0.25) is 0 Å². The fraction of sp³-hybridized carbons (Fsp3) is 0.800. The van der Waals surface area contributed by atoms with E-state index in [4.69, 9.17) is 0 Å². The molecule has 15 heavy (non-hydrogen) atoms. The van der Waals surface area contributed by atoms with Gasteiger partial charge in [-0.25, -0.2) is 4.68 Å². The molecule has 0 aliphatic rings. The van der Waals surface area contributed by atoms with E-state index in [1.807, 2.05) is 13.8 Å². The highest BCUT2D eigenvalue weighted by molar-refractivity contribution is 4.96. The van der Waals surface area contributed by atoms with Crippen molar-refractivity contribution in [1.82, 2.24) is 15.0 Å². The maximum atomic E-state index is 10.1. The molecule has 1 heterocycles. The van der Waals surface area contributed by atoms with Crippen LogP contribution in [0.5, 0.6) is 0 Å². The van der Waals surface area contributed by atoms with Gasteiger partial charge < -0.3 is 10.2 Å². The van der Waals surface area contributed by atoms with Crippen molar-refractivity contribution in [3.63, 3.8) is 0 Å². The molecule has 0 fully saturated rings. The molecule has 86 valence electrons. The molecule has 2 N–H and O–H groups in total. The fourth-order valence-electron chi connectivity index (χ4n) is 1.36. The zero-order chi connectivity index (χ0) is 11.5. The molecule has 0 bridgehead atoms. The maximum Gasteiger partial charge on any atom is 0.111 e. The summed E-state index contributed by atoms with van der Waals surface area (Å²) in [6.45, 7) is 5.94. The zero-order valence-corrected chi connectivity index (χ0v) is 9.51. The van der Waals surface area contributed by atoms with Crippen LogP contribution in [0.25, 0.3) is 0 Å². The number of aromatic nitrogens is 3. The summed E-state index contributed by atoms with van der Waals surface area (Å²) < 4.78 is 1.58. The van der Waals surface area contributed by atoms with Crippen molar-refractivity contribution >= 4 is 0 Å². The molecule has 1 unspecified atom stereocenters. The molecule has 1 aromatic heterocycles. The molecule has 0 saturated carbocycles. The SMILES string of the molecule is CCC(O)(CC)Cn1cc(C(C)O)nn1. The Morgan fingerprint density at radius 3 is 2.47 bits per heavy atom. The highest BCUT2D eigenvalue weighted by Gasteiger charge is 2.23. The van der Waals surface area contributed by atoms with Crippen LogP contribution in [0, 0.1) is 0 Å². The van der Waals surface area contributed by atoms with E-state index in [0.29, 0.717) is 25.1 Å². The molecule has 1 aromatic rings. The molecule has 5 nitrogen and oxygen atoms in total. The van der Waals surface area contributed by atoms with Crippen LogP contribution in [-0.2, 0) is 6.54 Å². The van der Waals surface area contributed by atoms with Crippen LogP contribution in [0.4, 0.5) is 0 Å². The zero-order valence-electron chi connectivity index (χ0n) is 9.51. The van der Waals surface area contributed by atoms with E-state index in [0.717, 1.165) is 0 Å². The number of aliphatic hydroxyl groups is 2. The van der Waals surface area contributed by atoms with Gasteiger partial charge in [-0.2, -0.15) is 0 Å². The molecule has 0 radical (unpaired) electrons. The van der Waals surface area contributed by atoms with Gasteiger partial charge in [0.25, 0.3) is 0 Å². The Balaban J connectivity index is 2.72. The molecular weight excluding hydrogens is 194 g/mol. The van der Waals surface area contributed by atoms with E-state index in [1.54, 1.807) is 17.8 Å². The second-order valence-electron chi connectivity index (χ2n) is 3.95. The van der Waals surface area contributed by atoms with E-state index < -0.39 is 11.7 Å². The second kappa shape index (κ2) is 4.72. The van der Waals surface area contributed by atoms with Crippen molar-refractivity contribution in [1.29, 1.82) is 0 Å². The molecule has 0 aliphatic carbocycles. The van der Waals surface area contributed by atoms with Gasteiger partial charge >= 0.3 is 0 Å². The first-order valence-corrected chi connectivity index (χ1v) is 5.31. The summed E-state index contributed by atoms with van der Waals surface area (Å²) in [7, 11) is 0. The lowest BCUT2D eigenvalue weighted by Gasteiger charge is -2.24. The minimum Gasteiger partial charge on any atom is -0.388 e. The first kappa shape index (κ1) is 12.1. The van der Waals surface area contributed by atoms with E-state index >= 15 is 0 Å². The van der Waals surface area contributed by atoms with E-state index in [9.17, 15) is 10.2 Å². The minimum absolute atomic E-state index is 0.416. The maximum absolute atomic E-state index is 10.1. The number of nitrogens with zero attached hydrogens (tertiary/aromatic N) is 3. The topological polar surface area (TPSA) is 71.2 Å². The Bertz CT molecular complexity index is 305. The standard InChI is InChI=1S/C10H19N3O2/c1-4-10(15,5-2)7-13-6-9(8(3)14)11-12-13/h6,8,14-15H,4-5,7H2,1-3H3. The lowest BCUT2D eigenvalue weighted by Crippen LogP contribution is -2.32. The Hall–Kier alpha value is -0.940. The van der Waals surface area contributed by atoms with E-state index in [1.165, 1.54) is 0 Å². The van der Waals surface area contributed by atoms with Gasteiger partial charge in [0.15, 0.2) is 0 Å². The molecule has 0 spiro atoms. The monoisotopic (exact) mass is 213 g/mol. The highest BCUT2D eigenvalue weighted by Crippen LogP contribution is 2.17. The van der Waals surface area contributed by atoms with Crippen LogP contribution < -0.4 is 0 Å². The van der Waals surface area contributed by atoms with Crippen molar-refractivity contribution in [2.45, 2.75) is 51.9 Å². The average Bonchev–Trinajstić information content (AvgIpc) is 2.66. The fourth-order valence-corrected chi connectivity index (χ4v) is 1.36. The van der Waals surface area contributed by atoms with E-state index in [-0.39, 0.29) is 0 Å². The minimum atomic E-state index is -0.732. The largest absolute Gasteiger partial charge is 0.388 e. The quantitative estimate of drug-likeness (QED) is 0.761. The third kappa shape index (κ3) is 3.00. The number of hydrogen-bond acceptors (Lipinski definition) is 4. The molecule has 1 rings (SSSR count). The van der Waals surface area contributed by atoms with Crippen molar-refractivity contribution in [2.75, 3.05) is 0 Å². The van der Waals surface area contributed by atoms with Gasteiger partial charge in [0, 0.05) is 0 Å². The summed E-state index contributed by atoms with van der Waals surface area (Å²) in [6, 6.07) is 0. The van der Waals surface area contributed by atoms with Crippen LogP contribution in [0.1, 0.15) is 45.4 Å². The van der Waals surface area contributed by atoms with Gasteiger partial charge in [-0.05, 0) is 19.8 Å². The smallest absolute Gasteiger partial charge is 0.111 e. The predicted molar refractivity (Wildman–Crippen MR) is 56.2 cm³/mol. The van der Waals surface area contributed by atoms with Crippen molar-refractivity contribution < 1.29 is 10.2 Å². The summed E-state index contributed by atoms with van der Waals surface area (Å²) in [5, 5.41) is 27.0. The number of rotatable bonds is 5. The normalized spacial score (nSPS) is 14.2. The average molecular weight is 213 g/mol. The van der Waals surface area contributed by atoms with Crippen LogP contribution in [0.2, 0.25) is 0 Å². The molecular formula is C10H19N3O2.